The predicted octanol–water partition coefficient (Wildman–Crippen LogP) is 18.4. The second kappa shape index (κ2) is 48.3. The molecule has 768 valence electrons. The largest absolute Gasteiger partial charge is 0.480 e. The van der Waals surface area contributed by atoms with Crippen molar-refractivity contribution in [3.05, 3.63) is 281 Å². The van der Waals surface area contributed by atoms with E-state index in [1.165, 1.54) is 14.7 Å². The number of aromatic nitrogens is 3. The highest BCUT2D eigenvalue weighted by Gasteiger charge is 2.47. The zero-order chi connectivity index (χ0) is 104. The molecule has 4 fully saturated rings. The Balaban J connectivity index is 0.000000137. The average molecular weight is 2200 g/mol. The summed E-state index contributed by atoms with van der Waals surface area (Å²) in [4.78, 5) is 176. The lowest BCUT2D eigenvalue weighted by atomic mass is 9.98. The summed E-state index contributed by atoms with van der Waals surface area (Å²) in [7, 11) is 0. The third-order valence-corrected chi connectivity index (χ3v) is 28.3. The summed E-state index contributed by atoms with van der Waals surface area (Å²) < 4.78 is 35.5. The molecule has 0 spiro atoms. The van der Waals surface area contributed by atoms with Crippen LogP contribution in [0.5, 0.6) is 0 Å². The predicted molar refractivity (Wildman–Crippen MR) is 560 cm³/mol. The molecule has 7 aliphatic heterocycles. The summed E-state index contributed by atoms with van der Waals surface area (Å²) in [6.07, 6.45) is 6.00. The van der Waals surface area contributed by atoms with E-state index in [-0.39, 0.29) is 144 Å². The van der Waals surface area contributed by atoms with Gasteiger partial charge in [-0.25, -0.2) is 33.6 Å². The third kappa shape index (κ3) is 26.7. The topological polar surface area (TPSA) is 442 Å². The van der Waals surface area contributed by atoms with E-state index < -0.39 is 84.4 Å². The Morgan fingerprint density at radius 1 is 0.392 bits per heavy atom. The number of carboxylic acids is 1. The minimum Gasteiger partial charge on any atom is -0.480 e. The molecule has 20 rings (SSSR count). The van der Waals surface area contributed by atoms with Crippen LogP contribution >= 0.6 is 47.8 Å². The van der Waals surface area contributed by atoms with Gasteiger partial charge in [0, 0.05) is 152 Å². The van der Waals surface area contributed by atoms with Crippen molar-refractivity contribution in [1.29, 1.82) is 0 Å². The Hall–Kier alpha value is -14.6. The number of ether oxygens (including phenoxy) is 6. The van der Waals surface area contributed by atoms with E-state index in [9.17, 15) is 57.8 Å². The van der Waals surface area contributed by atoms with Gasteiger partial charge in [0.15, 0.2) is 17.3 Å². The summed E-state index contributed by atoms with van der Waals surface area (Å²) in [6, 6.07) is 65.4. The smallest absolute Gasteiger partial charge is 0.411 e. The van der Waals surface area contributed by atoms with Crippen molar-refractivity contribution in [3.8, 4) is 22.3 Å². The van der Waals surface area contributed by atoms with E-state index in [0.29, 0.717) is 79.1 Å². The van der Waals surface area contributed by atoms with Crippen LogP contribution in [-0.4, -0.2) is 231 Å². The Morgan fingerprint density at radius 2 is 0.709 bits per heavy atom. The maximum atomic E-state index is 13.5. The summed E-state index contributed by atoms with van der Waals surface area (Å²) in [5, 5.41) is 32.5. The van der Waals surface area contributed by atoms with E-state index in [4.69, 9.17) is 48.7 Å². The summed E-state index contributed by atoms with van der Waals surface area (Å²) in [5.74, 6) is -1.80. The molecule has 9 aliphatic rings. The molecule has 4 saturated heterocycles. The molecule has 0 unspecified atom stereocenters. The monoisotopic (exact) mass is 2200 g/mol. The lowest BCUT2D eigenvalue weighted by Gasteiger charge is -2.26. The number of para-hydroxylation sites is 3. The van der Waals surface area contributed by atoms with Gasteiger partial charge in [0.25, 0.3) is 5.91 Å². The van der Waals surface area contributed by atoms with Crippen LogP contribution in [0.4, 0.5) is 28.8 Å². The molecule has 0 saturated carbocycles. The van der Waals surface area contributed by atoms with Crippen LogP contribution in [0.15, 0.2) is 252 Å². The van der Waals surface area contributed by atoms with Crippen LogP contribution in [0.3, 0.4) is 0 Å². The van der Waals surface area contributed by atoms with Gasteiger partial charge < -0.3 is 69.7 Å². The third-order valence-electron chi connectivity index (χ3n) is 26.9. The number of halogens is 3. The van der Waals surface area contributed by atoms with Crippen molar-refractivity contribution in [1.82, 2.24) is 50.5 Å². The van der Waals surface area contributed by atoms with Gasteiger partial charge in [0.05, 0.1) is 46.8 Å². The van der Waals surface area contributed by atoms with Gasteiger partial charge in [-0.05, 0) is 200 Å². The van der Waals surface area contributed by atoms with Crippen molar-refractivity contribution in [2.45, 2.75) is 208 Å². The van der Waals surface area contributed by atoms with Crippen molar-refractivity contribution in [2.75, 3.05) is 39.4 Å². The molecule has 7 amide bonds. The SMILES string of the molecule is CC(C)(C)OC(=O)N1C[C@H](NC(=O)OCC2c3ccccc3-c3ccccc32)C[C@H]1C(=O)O.N[C@@H]1C[C@@H](C(=O)CC[C@@H]2CC(Br)=NO2)N(C(=O)OCc2cnc3ccccc3c2)C1.O=C(N[C@@H]1C[C@@H](C(=O)CC[C@@H]2CC(Br)=NO2)N(C(=O)OCc2cnc3ccccc3c2)C1)OCC1c2ccccc2-c2ccccc21.O=C(N[C@@H]1C[C@@H](C(=O)CC[C@@H]2CC(Br)=NO2)N(C(=O)OCc2cnc3ccccc3c2)C1)c1ccccc1. The number of benzene rings is 8. The zero-order valence-corrected chi connectivity index (χ0v) is 86.1. The summed E-state index contributed by atoms with van der Waals surface area (Å²) in [5.41, 5.74) is 19.7. The number of nitrogens with two attached hydrogens (primary N) is 1. The molecule has 35 nitrogen and oxygen atoms in total. The summed E-state index contributed by atoms with van der Waals surface area (Å²) >= 11 is 9.92. The first-order valence-corrected chi connectivity index (χ1v) is 51.5. The number of fused-ring (bicyclic) bond motifs is 9. The van der Waals surface area contributed by atoms with Crippen LogP contribution in [0.2, 0.25) is 0 Å². The standard InChI is InChI=1S/C36H33BrN4O6.C28H27BrN4O5.C25H28N2O6.C21H23BrN4O4/c37-34-17-25(47-40-34)13-14-33(42)32-16-24(19-41(32)36(44)46-20-22-15-23-7-1-6-12-31(23)38-18-22)39-35(43)45-21-30-28-10-4-2-8-26(28)27-9-3-5-11-29(27)30;29-26-14-22(38-32-26)10-11-25(34)24-13-21(31-27(35)19-6-2-1-3-7-19)16-33(24)28(36)37-17-18-12-20-8-4-5-9-23(20)30-15-18;1-25(2,3)33-24(31)27-13-15(12-21(27)22(28)29)26-23(30)32-14-20-18-10-6-4-8-16(18)17-9-5-7-11-19(17)20;22-20-9-16(30-25-20)5-6-19(27)18-8-15(23)11-26(18)21(28)29-12-13-7-14-3-1-2-4-17(14)24-10-13/h1-12,15,18,24-25,30,32H,13-14,16-17,19-21H2,(H,39,43);1-9,12,15,21-22,24H,10-11,13-14,16-17H2,(H,31,35);4-11,15,20-21H,12-14H2,1-3H3,(H,26,30)(H,28,29);1-4,7,10,15-16,18H,5-6,8-9,11-12,23H2/t24-,25-,32+;21-,22-,24+;15-,21+;15-,16-,18+/m1111/s1. The number of nitrogens with one attached hydrogen (secondary N) is 3. The summed E-state index contributed by atoms with van der Waals surface area (Å²) in [6.45, 7) is 6.21. The Labute approximate surface area is 878 Å². The number of amides is 7. The highest BCUT2D eigenvalue weighted by molar-refractivity contribution is 9.18. The Morgan fingerprint density at radius 3 is 1.06 bits per heavy atom. The van der Waals surface area contributed by atoms with E-state index in [2.05, 4.69) is 131 Å². The zero-order valence-electron chi connectivity index (χ0n) is 81.4. The van der Waals surface area contributed by atoms with Crippen molar-refractivity contribution in [2.24, 2.45) is 21.2 Å². The van der Waals surface area contributed by atoms with E-state index in [1.54, 1.807) is 63.6 Å². The quantitative estimate of drug-likeness (QED) is 0.0298. The molecule has 10 heterocycles. The van der Waals surface area contributed by atoms with Crippen LogP contribution in [-0.2, 0) is 81.9 Å². The number of carbonyl (C=O) groups is 11. The van der Waals surface area contributed by atoms with E-state index in [0.717, 1.165) is 103 Å². The van der Waals surface area contributed by atoms with Crippen LogP contribution in [0, 0.1) is 0 Å². The Bertz CT molecular complexity index is 6780. The molecule has 3 aromatic heterocycles. The molecule has 2 aliphatic carbocycles. The Kier molecular flexibility index (Phi) is 34.2. The lowest BCUT2D eigenvalue weighted by Crippen LogP contribution is -2.44. The first-order valence-electron chi connectivity index (χ1n) is 49.1. The van der Waals surface area contributed by atoms with E-state index in [1.807, 2.05) is 158 Å². The lowest BCUT2D eigenvalue weighted by molar-refractivity contribution is -0.142. The number of hydrogen-bond acceptors (Lipinski definition) is 27. The number of rotatable bonds is 27. The van der Waals surface area contributed by atoms with Crippen molar-refractivity contribution in [3.63, 3.8) is 0 Å². The molecular weight excluding hydrogens is 2090 g/mol. The number of hydrogen-bond donors (Lipinski definition) is 5. The van der Waals surface area contributed by atoms with Gasteiger partial charge in [-0.2, -0.15) is 0 Å². The highest BCUT2D eigenvalue weighted by Crippen LogP contribution is 2.47. The van der Waals surface area contributed by atoms with Gasteiger partial charge in [0.2, 0.25) is 0 Å². The molecule has 11 atom stereocenters. The molecule has 0 bridgehead atoms. The molecule has 11 aromatic rings. The number of likely N-dealkylation sites (tertiary alicyclic amines) is 4. The van der Waals surface area contributed by atoms with E-state index >= 15 is 0 Å². The number of Topliss-reactive ketones (excluding diaryl/α,β-unsaturated/α-hetero) is 3. The molecule has 8 aromatic carbocycles. The van der Waals surface area contributed by atoms with Crippen molar-refractivity contribution >= 4 is 160 Å². The van der Waals surface area contributed by atoms with Crippen LogP contribution in [0.25, 0.3) is 55.0 Å². The molecule has 148 heavy (non-hydrogen) atoms. The number of aliphatic carboxylic acids is 1. The first kappa shape index (κ1) is 105. The fourth-order valence-electron chi connectivity index (χ4n) is 19.8. The molecular formula is C110H111Br3N14O21. The number of ketones is 3. The minimum atomic E-state index is -1.14. The van der Waals surface area contributed by atoms with Crippen LogP contribution < -0.4 is 21.7 Å². The number of carbonyl (C=O) groups excluding carboxylic acids is 10. The number of nitrogens with zero attached hydrogens (tertiary/aromatic N) is 10. The first-order chi connectivity index (χ1) is 71.5. The minimum absolute atomic E-state index is 0.000167. The van der Waals surface area contributed by atoms with Crippen LogP contribution in [0.1, 0.15) is 165 Å². The number of oxime groups is 3. The molecule has 6 N–H and O–H groups in total. The van der Waals surface area contributed by atoms with Gasteiger partial charge in [-0.15, -0.1) is 0 Å². The second-order valence-electron chi connectivity index (χ2n) is 38.5. The normalized spacial score (nSPS) is 20.7. The molecule has 38 heteroatoms. The number of pyridine rings is 3. The van der Waals surface area contributed by atoms with Gasteiger partial charge in [0.1, 0.15) is 76.9 Å². The van der Waals surface area contributed by atoms with Gasteiger partial charge in [-0.3, -0.25) is 53.7 Å². The maximum Gasteiger partial charge on any atom is 0.411 e. The fraction of sp³-hybridized carbons (Fsp3) is 0.355. The average Bonchev–Trinajstić information content (AvgIpc) is 1.61. The van der Waals surface area contributed by atoms with Gasteiger partial charge >= 0.3 is 42.5 Å². The molecule has 0 radical (unpaired) electrons. The van der Waals surface area contributed by atoms with Crippen molar-refractivity contribution < 1.29 is 101 Å². The fourth-order valence-corrected chi connectivity index (χ4v) is 21.1. The van der Waals surface area contributed by atoms with Gasteiger partial charge in [-0.1, -0.05) is 185 Å². The second-order valence-corrected chi connectivity index (χ2v) is 41.3. The number of carboxylic acid groups (broad SMARTS) is 1. The highest BCUT2D eigenvalue weighted by atomic mass is 79.9. The maximum absolute atomic E-state index is 13.5. The number of alkyl carbamates (subject to hydrolysis) is 2.